The summed E-state index contributed by atoms with van der Waals surface area (Å²) in [5, 5.41) is 0. The van der Waals surface area contributed by atoms with Gasteiger partial charge in [-0.1, -0.05) is 32.0 Å². The van der Waals surface area contributed by atoms with Crippen LogP contribution >= 0.6 is 0 Å². The van der Waals surface area contributed by atoms with Crippen molar-refractivity contribution in [3.05, 3.63) is 64.9 Å². The van der Waals surface area contributed by atoms with Gasteiger partial charge in [-0.3, -0.25) is 9.59 Å². The molecule has 0 aliphatic carbocycles. The molecule has 0 atom stereocenters. The summed E-state index contributed by atoms with van der Waals surface area (Å²) in [5.74, 6) is 0.716. The van der Waals surface area contributed by atoms with Gasteiger partial charge in [0.25, 0.3) is 11.8 Å². The molecule has 0 aromatic heterocycles. The molecule has 0 radical (unpaired) electrons. The highest BCUT2D eigenvalue weighted by Gasteiger charge is 2.43. The molecule has 2 aromatic rings. The summed E-state index contributed by atoms with van der Waals surface area (Å²) < 4.78 is 5.79. The third kappa shape index (κ3) is 4.22. The minimum Gasteiger partial charge on any atom is -0.493 e. The number of likely N-dealkylation sites (tertiary alicyclic amines) is 1. The summed E-state index contributed by atoms with van der Waals surface area (Å²) in [4.78, 5) is 30.5. The Balaban J connectivity index is 1.73. The van der Waals surface area contributed by atoms with Crippen LogP contribution in [0, 0.1) is 19.8 Å². The monoisotopic (exact) mass is 418 g/mol. The second kappa shape index (κ2) is 8.58. The molecular formula is C26H30N2O3. The predicted molar refractivity (Wildman–Crippen MR) is 123 cm³/mol. The molecule has 2 aliphatic heterocycles. The molecule has 1 saturated heterocycles. The summed E-state index contributed by atoms with van der Waals surface area (Å²) in [6.45, 7) is 10.4. The van der Waals surface area contributed by atoms with E-state index in [0.717, 1.165) is 48.4 Å². The van der Waals surface area contributed by atoms with E-state index >= 15 is 0 Å². The van der Waals surface area contributed by atoms with Gasteiger partial charge >= 0.3 is 0 Å². The molecule has 1 fully saturated rings. The van der Waals surface area contributed by atoms with E-state index in [9.17, 15) is 9.59 Å². The van der Waals surface area contributed by atoms with Crippen LogP contribution < -0.4 is 9.64 Å². The Hall–Kier alpha value is -3.08. The lowest BCUT2D eigenvalue weighted by atomic mass is 10.0. The average molecular weight is 419 g/mol. The number of hydrogen-bond donors (Lipinski definition) is 0. The van der Waals surface area contributed by atoms with Crippen LogP contribution in [0.2, 0.25) is 0 Å². The first-order chi connectivity index (χ1) is 14.8. The number of amides is 2. The molecule has 2 amide bonds. The molecule has 5 nitrogen and oxygen atoms in total. The number of rotatable bonds is 6. The third-order valence-electron chi connectivity index (χ3n) is 5.67. The van der Waals surface area contributed by atoms with E-state index in [1.807, 2.05) is 56.3 Å². The van der Waals surface area contributed by atoms with Gasteiger partial charge in [0.2, 0.25) is 0 Å². The molecule has 162 valence electrons. The van der Waals surface area contributed by atoms with Crippen LogP contribution in [0.3, 0.4) is 0 Å². The van der Waals surface area contributed by atoms with Gasteiger partial charge in [-0.2, -0.15) is 0 Å². The van der Waals surface area contributed by atoms with Gasteiger partial charge in [0.15, 0.2) is 0 Å². The van der Waals surface area contributed by atoms with E-state index in [2.05, 4.69) is 18.7 Å². The van der Waals surface area contributed by atoms with Gasteiger partial charge in [0, 0.05) is 13.1 Å². The topological polar surface area (TPSA) is 49.9 Å². The lowest BCUT2D eigenvalue weighted by molar-refractivity contribution is -0.120. The van der Waals surface area contributed by atoms with Crippen molar-refractivity contribution in [2.45, 2.75) is 40.5 Å². The second-order valence-corrected chi connectivity index (χ2v) is 8.94. The van der Waals surface area contributed by atoms with Crippen LogP contribution in [0.5, 0.6) is 5.75 Å². The van der Waals surface area contributed by atoms with E-state index in [0.29, 0.717) is 29.5 Å². The molecular weight excluding hydrogens is 388 g/mol. The van der Waals surface area contributed by atoms with E-state index < -0.39 is 0 Å². The van der Waals surface area contributed by atoms with Crippen LogP contribution in [0.25, 0.3) is 5.57 Å². The van der Waals surface area contributed by atoms with Crippen molar-refractivity contribution in [3.63, 3.8) is 0 Å². The van der Waals surface area contributed by atoms with Crippen molar-refractivity contribution in [2.24, 2.45) is 5.92 Å². The maximum Gasteiger partial charge on any atom is 0.282 e. The minimum atomic E-state index is -0.257. The lowest BCUT2D eigenvalue weighted by Crippen LogP contribution is -2.34. The second-order valence-electron chi connectivity index (χ2n) is 8.94. The Morgan fingerprint density at radius 1 is 0.903 bits per heavy atom. The molecule has 0 N–H and O–H groups in total. The van der Waals surface area contributed by atoms with Crippen LogP contribution in [0.1, 0.15) is 43.4 Å². The van der Waals surface area contributed by atoms with Gasteiger partial charge in [0.05, 0.1) is 17.9 Å². The fourth-order valence-corrected chi connectivity index (χ4v) is 4.31. The number of anilines is 1. The van der Waals surface area contributed by atoms with E-state index in [1.165, 1.54) is 4.90 Å². The smallest absolute Gasteiger partial charge is 0.282 e. The van der Waals surface area contributed by atoms with Crippen molar-refractivity contribution in [2.75, 3.05) is 24.6 Å². The normalized spacial score (nSPS) is 16.8. The molecule has 5 heteroatoms. The van der Waals surface area contributed by atoms with Crippen molar-refractivity contribution >= 4 is 23.1 Å². The number of carbonyl (C=O) groups excluding carboxylic acids is 2. The van der Waals surface area contributed by atoms with Gasteiger partial charge in [0.1, 0.15) is 11.4 Å². The molecule has 0 saturated carbocycles. The first-order valence-electron chi connectivity index (χ1n) is 11.0. The summed E-state index contributed by atoms with van der Waals surface area (Å²) in [6.07, 6.45) is 2.06. The Labute approximate surface area is 184 Å². The first-order valence-corrected chi connectivity index (χ1v) is 11.0. The van der Waals surface area contributed by atoms with E-state index in [4.69, 9.17) is 4.74 Å². The predicted octanol–water partition coefficient (Wildman–Crippen LogP) is 4.72. The largest absolute Gasteiger partial charge is 0.493 e. The lowest BCUT2D eigenvalue weighted by Gasteiger charge is -2.20. The Morgan fingerprint density at radius 3 is 2.10 bits per heavy atom. The summed E-state index contributed by atoms with van der Waals surface area (Å²) in [7, 11) is 0. The molecule has 0 unspecified atom stereocenters. The van der Waals surface area contributed by atoms with Crippen molar-refractivity contribution in [1.29, 1.82) is 0 Å². The highest BCUT2D eigenvalue weighted by atomic mass is 16.5. The number of aryl methyl sites for hydroxylation is 2. The quantitative estimate of drug-likeness (QED) is 0.637. The van der Waals surface area contributed by atoms with Crippen molar-refractivity contribution < 1.29 is 14.3 Å². The SMILES string of the molecule is Cc1cc(C)cc(N2C(=O)C(c3ccc(OCC(C)C)cc3)=C(N3CCCC3)C2=O)c1. The molecule has 0 spiro atoms. The van der Waals surface area contributed by atoms with Crippen LogP contribution in [-0.2, 0) is 9.59 Å². The molecule has 2 heterocycles. The van der Waals surface area contributed by atoms with Crippen LogP contribution in [0.15, 0.2) is 48.2 Å². The Kier molecular flexibility index (Phi) is 5.86. The molecule has 0 bridgehead atoms. The Bertz CT molecular complexity index is 1010. The minimum absolute atomic E-state index is 0.230. The standard InChI is InChI=1S/C26H30N2O3/c1-17(2)16-31-22-9-7-20(8-10-22)23-24(27-11-5-6-12-27)26(30)28(25(23)29)21-14-18(3)13-19(4)15-21/h7-10,13-15,17H,5-6,11-12,16H2,1-4H3. The zero-order valence-corrected chi connectivity index (χ0v) is 18.8. The molecule has 31 heavy (non-hydrogen) atoms. The van der Waals surface area contributed by atoms with Gasteiger partial charge in [-0.25, -0.2) is 4.90 Å². The molecule has 2 aromatic carbocycles. The fraction of sp³-hybridized carbons (Fsp3) is 0.385. The summed E-state index contributed by atoms with van der Waals surface area (Å²) in [5.41, 5.74) is 4.45. The number of benzene rings is 2. The van der Waals surface area contributed by atoms with Crippen LogP contribution in [0.4, 0.5) is 5.69 Å². The zero-order chi connectivity index (χ0) is 22.1. The number of ether oxygens (including phenoxy) is 1. The van der Waals surface area contributed by atoms with Gasteiger partial charge < -0.3 is 9.64 Å². The number of imide groups is 1. The van der Waals surface area contributed by atoms with E-state index in [1.54, 1.807) is 0 Å². The third-order valence-corrected chi connectivity index (χ3v) is 5.67. The van der Waals surface area contributed by atoms with E-state index in [-0.39, 0.29) is 11.8 Å². The number of hydrogen-bond acceptors (Lipinski definition) is 4. The summed E-state index contributed by atoms with van der Waals surface area (Å²) >= 11 is 0. The molecule has 2 aliphatic rings. The number of nitrogens with zero attached hydrogens (tertiary/aromatic N) is 2. The maximum atomic E-state index is 13.6. The van der Waals surface area contributed by atoms with Gasteiger partial charge in [-0.15, -0.1) is 0 Å². The number of carbonyl (C=O) groups is 2. The van der Waals surface area contributed by atoms with Crippen molar-refractivity contribution in [3.8, 4) is 5.75 Å². The zero-order valence-electron chi connectivity index (χ0n) is 18.8. The van der Waals surface area contributed by atoms with Crippen LogP contribution in [-0.4, -0.2) is 36.4 Å². The highest BCUT2D eigenvalue weighted by Crippen LogP contribution is 2.37. The Morgan fingerprint density at radius 2 is 1.52 bits per heavy atom. The maximum absolute atomic E-state index is 13.6. The average Bonchev–Trinajstić information content (AvgIpc) is 3.32. The first kappa shape index (κ1) is 21.2. The van der Waals surface area contributed by atoms with Crippen molar-refractivity contribution in [1.82, 2.24) is 4.90 Å². The molecule has 4 rings (SSSR count). The van der Waals surface area contributed by atoms with Gasteiger partial charge in [-0.05, 0) is 73.6 Å². The fourth-order valence-electron chi connectivity index (χ4n) is 4.31. The summed E-state index contributed by atoms with van der Waals surface area (Å²) in [6, 6.07) is 13.4. The highest BCUT2D eigenvalue weighted by molar-refractivity contribution is 6.45.